The molecule has 0 atom stereocenters. The zero-order valence-electron chi connectivity index (χ0n) is 14.8. The molecule has 5 aromatic rings. The van der Waals surface area contributed by atoms with E-state index in [-0.39, 0.29) is 0 Å². The van der Waals surface area contributed by atoms with Crippen molar-refractivity contribution in [2.24, 2.45) is 0 Å². The van der Waals surface area contributed by atoms with Crippen LogP contribution < -0.4 is 0 Å². The van der Waals surface area contributed by atoms with Crippen molar-refractivity contribution in [3.8, 4) is 17.1 Å². The maximum Gasteiger partial charge on any atom is 0.144 e. The summed E-state index contributed by atoms with van der Waals surface area (Å²) in [6.07, 6.45) is 8.18. The highest BCUT2D eigenvalue weighted by Crippen LogP contribution is 2.28. The third kappa shape index (κ3) is 2.25. The molecule has 0 aliphatic carbocycles. The third-order valence-electron chi connectivity index (χ3n) is 5.06. The van der Waals surface area contributed by atoms with E-state index in [0.29, 0.717) is 0 Å². The summed E-state index contributed by atoms with van der Waals surface area (Å²) in [5.41, 5.74) is 6.04. The molecule has 5 rings (SSSR count). The lowest BCUT2D eigenvalue weighted by Crippen LogP contribution is -2.01. The van der Waals surface area contributed by atoms with Gasteiger partial charge in [-0.2, -0.15) is 0 Å². The van der Waals surface area contributed by atoms with Gasteiger partial charge in [0.1, 0.15) is 5.82 Å². The number of fused-ring (bicyclic) bond motifs is 2. The van der Waals surface area contributed by atoms with Gasteiger partial charge in [0, 0.05) is 35.9 Å². The van der Waals surface area contributed by atoms with Gasteiger partial charge in [-0.15, -0.1) is 0 Å². The van der Waals surface area contributed by atoms with Crippen LogP contribution in [0.4, 0.5) is 0 Å². The maximum absolute atomic E-state index is 4.66. The molecular formula is C23H19N3. The van der Waals surface area contributed by atoms with Crippen LogP contribution in [0, 0.1) is 13.8 Å². The number of nitrogens with zero attached hydrogens (tertiary/aromatic N) is 3. The van der Waals surface area contributed by atoms with Gasteiger partial charge in [-0.1, -0.05) is 30.3 Å². The minimum atomic E-state index is 0.972. The summed E-state index contributed by atoms with van der Waals surface area (Å²) >= 11 is 0. The summed E-state index contributed by atoms with van der Waals surface area (Å²) < 4.78 is 4.35. The van der Waals surface area contributed by atoms with Crippen molar-refractivity contribution in [1.29, 1.82) is 0 Å². The standard InChI is InChI=1S/C23H19N3/c1-16-5-3-6-17(2)22(16)26-12-10-24-23(26)18-8-9-19-15-25-11-4-7-21(25)14-20(19)13-18/h3-15H,1-2H3. The highest BCUT2D eigenvalue weighted by molar-refractivity contribution is 5.89. The molecule has 3 aromatic heterocycles. The Labute approximate surface area is 152 Å². The van der Waals surface area contributed by atoms with E-state index in [1.165, 1.54) is 33.1 Å². The van der Waals surface area contributed by atoms with Crippen molar-refractivity contribution < 1.29 is 0 Å². The molecule has 126 valence electrons. The Kier molecular flexibility index (Phi) is 3.22. The average molecular weight is 337 g/mol. The molecule has 2 aromatic carbocycles. The number of rotatable bonds is 2. The van der Waals surface area contributed by atoms with Gasteiger partial charge in [-0.05, 0) is 60.0 Å². The van der Waals surface area contributed by atoms with Crippen LogP contribution in [0.25, 0.3) is 33.4 Å². The largest absolute Gasteiger partial charge is 0.323 e. The van der Waals surface area contributed by atoms with E-state index in [1.54, 1.807) is 0 Å². The number of pyridine rings is 1. The van der Waals surface area contributed by atoms with Gasteiger partial charge in [0.25, 0.3) is 0 Å². The van der Waals surface area contributed by atoms with Crippen molar-refractivity contribution in [2.45, 2.75) is 13.8 Å². The Bertz CT molecular complexity index is 1240. The third-order valence-corrected chi connectivity index (χ3v) is 5.06. The SMILES string of the molecule is Cc1cccc(C)c1-n1ccnc1-c1ccc2cn3cccc3cc2c1. The number of aryl methyl sites for hydroxylation is 2. The van der Waals surface area contributed by atoms with Crippen LogP contribution in [0.2, 0.25) is 0 Å². The molecule has 26 heavy (non-hydrogen) atoms. The zero-order chi connectivity index (χ0) is 17.7. The number of imidazole rings is 1. The summed E-state index contributed by atoms with van der Waals surface area (Å²) in [6.45, 7) is 4.30. The van der Waals surface area contributed by atoms with Crippen LogP contribution in [-0.2, 0) is 0 Å². The first-order chi connectivity index (χ1) is 12.7. The number of hydrogen-bond acceptors (Lipinski definition) is 1. The summed E-state index contributed by atoms with van der Waals surface area (Å²) in [5, 5.41) is 2.45. The van der Waals surface area contributed by atoms with Gasteiger partial charge >= 0.3 is 0 Å². The van der Waals surface area contributed by atoms with Crippen LogP contribution in [0.15, 0.2) is 79.4 Å². The van der Waals surface area contributed by atoms with Gasteiger partial charge in [0.2, 0.25) is 0 Å². The molecule has 0 aliphatic rings. The molecule has 0 radical (unpaired) electrons. The van der Waals surface area contributed by atoms with Crippen molar-refractivity contribution in [3.63, 3.8) is 0 Å². The number of benzene rings is 2. The van der Waals surface area contributed by atoms with E-state index in [0.717, 1.165) is 11.4 Å². The van der Waals surface area contributed by atoms with Crippen molar-refractivity contribution in [2.75, 3.05) is 0 Å². The first kappa shape index (κ1) is 15.0. The minimum Gasteiger partial charge on any atom is -0.323 e. The van der Waals surface area contributed by atoms with E-state index in [2.05, 4.69) is 94.8 Å². The number of hydrogen-bond donors (Lipinski definition) is 0. The Hall–Kier alpha value is -3.33. The topological polar surface area (TPSA) is 22.2 Å². The van der Waals surface area contributed by atoms with Crippen LogP contribution in [0.3, 0.4) is 0 Å². The molecule has 3 heterocycles. The van der Waals surface area contributed by atoms with E-state index in [4.69, 9.17) is 0 Å². The van der Waals surface area contributed by atoms with Crippen molar-refractivity contribution in [1.82, 2.24) is 14.0 Å². The monoisotopic (exact) mass is 337 g/mol. The lowest BCUT2D eigenvalue weighted by atomic mass is 10.1. The fourth-order valence-electron chi connectivity index (χ4n) is 3.80. The summed E-state index contributed by atoms with van der Waals surface area (Å²) in [6, 6.07) is 19.4. The molecule has 3 nitrogen and oxygen atoms in total. The fourth-order valence-corrected chi connectivity index (χ4v) is 3.80. The molecule has 0 saturated carbocycles. The molecular weight excluding hydrogens is 318 g/mol. The van der Waals surface area contributed by atoms with E-state index >= 15 is 0 Å². The minimum absolute atomic E-state index is 0.972. The van der Waals surface area contributed by atoms with Crippen molar-refractivity contribution in [3.05, 3.63) is 90.5 Å². The molecule has 0 saturated heterocycles. The predicted octanol–water partition coefficient (Wildman–Crippen LogP) is 5.56. The molecule has 3 heteroatoms. The summed E-state index contributed by atoms with van der Waals surface area (Å²) in [5.74, 6) is 0.972. The summed E-state index contributed by atoms with van der Waals surface area (Å²) in [4.78, 5) is 4.66. The highest BCUT2D eigenvalue weighted by Gasteiger charge is 2.12. The van der Waals surface area contributed by atoms with Crippen LogP contribution >= 0.6 is 0 Å². The second kappa shape index (κ2) is 5.60. The number of aromatic nitrogens is 3. The number of para-hydroxylation sites is 1. The Balaban J connectivity index is 1.71. The van der Waals surface area contributed by atoms with E-state index < -0.39 is 0 Å². The first-order valence-electron chi connectivity index (χ1n) is 8.81. The lowest BCUT2D eigenvalue weighted by Gasteiger charge is -2.14. The average Bonchev–Trinajstić information content (AvgIpc) is 3.28. The lowest BCUT2D eigenvalue weighted by molar-refractivity contribution is 1.03. The quantitative estimate of drug-likeness (QED) is 0.413. The molecule has 0 fully saturated rings. The Morgan fingerprint density at radius 3 is 2.50 bits per heavy atom. The van der Waals surface area contributed by atoms with Crippen LogP contribution in [0.5, 0.6) is 0 Å². The maximum atomic E-state index is 4.66. The van der Waals surface area contributed by atoms with Gasteiger partial charge in [0.15, 0.2) is 0 Å². The second-order valence-electron chi connectivity index (χ2n) is 6.82. The predicted molar refractivity (Wildman–Crippen MR) is 107 cm³/mol. The van der Waals surface area contributed by atoms with E-state index in [9.17, 15) is 0 Å². The summed E-state index contributed by atoms with van der Waals surface area (Å²) in [7, 11) is 0. The molecule has 0 unspecified atom stereocenters. The molecule has 0 aliphatic heterocycles. The fraction of sp³-hybridized carbons (Fsp3) is 0.0870. The van der Waals surface area contributed by atoms with Crippen molar-refractivity contribution >= 4 is 16.3 Å². The molecule has 0 N–H and O–H groups in total. The smallest absolute Gasteiger partial charge is 0.144 e. The van der Waals surface area contributed by atoms with Gasteiger partial charge in [-0.3, -0.25) is 4.57 Å². The zero-order valence-corrected chi connectivity index (χ0v) is 14.8. The molecule has 0 bridgehead atoms. The van der Waals surface area contributed by atoms with Gasteiger partial charge in [-0.25, -0.2) is 4.98 Å². The van der Waals surface area contributed by atoms with Crippen LogP contribution in [-0.4, -0.2) is 14.0 Å². The van der Waals surface area contributed by atoms with E-state index in [1.807, 2.05) is 12.4 Å². The molecule has 0 amide bonds. The van der Waals surface area contributed by atoms with Crippen LogP contribution in [0.1, 0.15) is 11.1 Å². The highest BCUT2D eigenvalue weighted by atomic mass is 15.1. The normalized spacial score (nSPS) is 11.5. The first-order valence-corrected chi connectivity index (χ1v) is 8.81. The Morgan fingerprint density at radius 2 is 1.65 bits per heavy atom. The van der Waals surface area contributed by atoms with Gasteiger partial charge in [0.05, 0.1) is 5.69 Å². The Morgan fingerprint density at radius 1 is 0.808 bits per heavy atom. The van der Waals surface area contributed by atoms with Gasteiger partial charge < -0.3 is 4.40 Å². The molecule has 0 spiro atoms. The second-order valence-corrected chi connectivity index (χ2v) is 6.82.